The standard InChI is InChI=1S/C17H24N4OS/c1-13-6-9-21(10-7-13)15-5-3-4-14(12-15)18-17-19-16(20-23-17)8-11-22-2/h3-5,12-13H,6-11H2,1-2H3,(H,18,19,20). The predicted octanol–water partition coefficient (Wildman–Crippen LogP) is 3.71. The van der Waals surface area contributed by atoms with Gasteiger partial charge in [-0.3, -0.25) is 0 Å². The molecule has 0 bridgehead atoms. The Labute approximate surface area is 141 Å². The Kier molecular flexibility index (Phi) is 5.46. The number of hydrogen-bond donors (Lipinski definition) is 1. The van der Waals surface area contributed by atoms with Gasteiger partial charge in [-0.25, -0.2) is 4.98 Å². The first kappa shape index (κ1) is 16.2. The third-order valence-electron chi connectivity index (χ3n) is 4.24. The van der Waals surface area contributed by atoms with E-state index in [1.165, 1.54) is 30.1 Å². The molecule has 124 valence electrons. The maximum Gasteiger partial charge on any atom is 0.207 e. The fraction of sp³-hybridized carbons (Fsp3) is 0.529. The lowest BCUT2D eigenvalue weighted by Gasteiger charge is -2.32. The van der Waals surface area contributed by atoms with Gasteiger partial charge in [-0.1, -0.05) is 13.0 Å². The minimum atomic E-state index is 0.652. The second-order valence-electron chi connectivity index (χ2n) is 6.10. The molecule has 1 N–H and O–H groups in total. The molecule has 6 heteroatoms. The lowest BCUT2D eigenvalue weighted by atomic mass is 9.99. The van der Waals surface area contributed by atoms with Crippen LogP contribution in [0.25, 0.3) is 0 Å². The van der Waals surface area contributed by atoms with Gasteiger partial charge in [0, 0.05) is 49.5 Å². The number of methoxy groups -OCH3 is 1. The molecule has 2 heterocycles. The van der Waals surface area contributed by atoms with Gasteiger partial charge < -0.3 is 15.0 Å². The second kappa shape index (κ2) is 7.75. The molecule has 0 amide bonds. The Morgan fingerprint density at radius 3 is 2.96 bits per heavy atom. The van der Waals surface area contributed by atoms with Crippen molar-refractivity contribution in [3.05, 3.63) is 30.1 Å². The van der Waals surface area contributed by atoms with E-state index in [-0.39, 0.29) is 0 Å². The Bertz CT molecular complexity index is 623. The summed E-state index contributed by atoms with van der Waals surface area (Å²) in [4.78, 5) is 6.97. The third kappa shape index (κ3) is 4.42. The number of rotatable bonds is 6. The van der Waals surface area contributed by atoms with Crippen LogP contribution >= 0.6 is 11.5 Å². The zero-order valence-corrected chi connectivity index (χ0v) is 14.6. The number of aromatic nitrogens is 2. The molecule has 23 heavy (non-hydrogen) atoms. The number of nitrogens with zero attached hydrogens (tertiary/aromatic N) is 3. The summed E-state index contributed by atoms with van der Waals surface area (Å²) in [5.74, 6) is 1.68. The molecule has 0 saturated carbocycles. The predicted molar refractivity (Wildman–Crippen MR) is 95.8 cm³/mol. The Morgan fingerprint density at radius 2 is 2.17 bits per heavy atom. The molecule has 1 aromatic heterocycles. The highest BCUT2D eigenvalue weighted by molar-refractivity contribution is 7.09. The molecule has 3 rings (SSSR count). The van der Waals surface area contributed by atoms with Crippen molar-refractivity contribution in [1.29, 1.82) is 0 Å². The number of benzene rings is 1. The van der Waals surface area contributed by atoms with E-state index in [0.717, 1.165) is 42.1 Å². The van der Waals surface area contributed by atoms with Crippen molar-refractivity contribution in [2.24, 2.45) is 5.92 Å². The highest BCUT2D eigenvalue weighted by Crippen LogP contribution is 2.27. The molecule has 1 fully saturated rings. The summed E-state index contributed by atoms with van der Waals surface area (Å²) in [7, 11) is 1.69. The van der Waals surface area contributed by atoms with Gasteiger partial charge in [-0.2, -0.15) is 4.37 Å². The van der Waals surface area contributed by atoms with Crippen LogP contribution in [0.5, 0.6) is 0 Å². The molecule has 1 aromatic carbocycles. The zero-order valence-electron chi connectivity index (χ0n) is 13.8. The van der Waals surface area contributed by atoms with E-state index in [1.54, 1.807) is 7.11 Å². The van der Waals surface area contributed by atoms with Crippen molar-refractivity contribution in [3.8, 4) is 0 Å². The van der Waals surface area contributed by atoms with Crippen molar-refractivity contribution in [1.82, 2.24) is 9.36 Å². The summed E-state index contributed by atoms with van der Waals surface area (Å²) >= 11 is 1.40. The molecule has 1 aliphatic rings. The molecule has 1 saturated heterocycles. The third-order valence-corrected chi connectivity index (χ3v) is 4.91. The van der Waals surface area contributed by atoms with Crippen molar-refractivity contribution >= 4 is 28.0 Å². The fourth-order valence-electron chi connectivity index (χ4n) is 2.77. The van der Waals surface area contributed by atoms with E-state index in [4.69, 9.17) is 4.74 Å². The molecule has 1 aliphatic heterocycles. The van der Waals surface area contributed by atoms with Crippen LogP contribution in [0, 0.1) is 5.92 Å². The van der Waals surface area contributed by atoms with Crippen LogP contribution < -0.4 is 10.2 Å². The van der Waals surface area contributed by atoms with Gasteiger partial charge in [-0.15, -0.1) is 0 Å². The first-order valence-corrected chi connectivity index (χ1v) is 8.95. The number of anilines is 3. The average Bonchev–Trinajstić information content (AvgIpc) is 3.01. The van der Waals surface area contributed by atoms with Crippen molar-refractivity contribution in [3.63, 3.8) is 0 Å². The average molecular weight is 332 g/mol. The first-order chi connectivity index (χ1) is 11.2. The molecule has 5 nitrogen and oxygen atoms in total. The largest absolute Gasteiger partial charge is 0.384 e. The Hall–Kier alpha value is -1.66. The molecular weight excluding hydrogens is 308 g/mol. The minimum Gasteiger partial charge on any atom is -0.384 e. The fourth-order valence-corrected chi connectivity index (χ4v) is 3.40. The normalized spacial score (nSPS) is 15.8. The topological polar surface area (TPSA) is 50.3 Å². The molecule has 0 spiro atoms. The van der Waals surface area contributed by atoms with Gasteiger partial charge in [0.1, 0.15) is 5.82 Å². The van der Waals surface area contributed by atoms with Gasteiger partial charge >= 0.3 is 0 Å². The summed E-state index contributed by atoms with van der Waals surface area (Å²) in [5, 5.41) is 4.20. The van der Waals surface area contributed by atoms with E-state index in [9.17, 15) is 0 Å². The summed E-state index contributed by atoms with van der Waals surface area (Å²) in [5.41, 5.74) is 2.35. The molecule has 0 radical (unpaired) electrons. The van der Waals surface area contributed by atoms with Crippen LogP contribution in [0.2, 0.25) is 0 Å². The summed E-state index contributed by atoms with van der Waals surface area (Å²) < 4.78 is 9.41. The quantitative estimate of drug-likeness (QED) is 0.874. The van der Waals surface area contributed by atoms with Gasteiger partial charge in [0.2, 0.25) is 5.13 Å². The monoisotopic (exact) mass is 332 g/mol. The molecule has 0 aliphatic carbocycles. The number of hydrogen-bond acceptors (Lipinski definition) is 6. The zero-order chi connectivity index (χ0) is 16.1. The van der Waals surface area contributed by atoms with Crippen molar-refractivity contribution in [2.45, 2.75) is 26.2 Å². The molecule has 2 aromatic rings. The van der Waals surface area contributed by atoms with E-state index in [1.807, 2.05) is 0 Å². The van der Waals surface area contributed by atoms with E-state index in [2.05, 4.69) is 50.8 Å². The van der Waals surface area contributed by atoms with E-state index < -0.39 is 0 Å². The van der Waals surface area contributed by atoms with Crippen molar-refractivity contribution in [2.75, 3.05) is 37.0 Å². The highest BCUT2D eigenvalue weighted by Gasteiger charge is 2.16. The summed E-state index contributed by atoms with van der Waals surface area (Å²) in [6.07, 6.45) is 3.30. The highest BCUT2D eigenvalue weighted by atomic mass is 32.1. The van der Waals surface area contributed by atoms with Crippen molar-refractivity contribution < 1.29 is 4.74 Å². The van der Waals surface area contributed by atoms with Gasteiger partial charge in [0.25, 0.3) is 0 Å². The Balaban J connectivity index is 1.64. The first-order valence-electron chi connectivity index (χ1n) is 8.18. The maximum absolute atomic E-state index is 5.06. The summed E-state index contributed by atoms with van der Waals surface area (Å²) in [6, 6.07) is 8.56. The number of ether oxygens (including phenoxy) is 1. The smallest absolute Gasteiger partial charge is 0.207 e. The maximum atomic E-state index is 5.06. The minimum absolute atomic E-state index is 0.652. The Morgan fingerprint density at radius 1 is 1.35 bits per heavy atom. The van der Waals surface area contributed by atoms with Gasteiger partial charge in [-0.05, 0) is 37.0 Å². The van der Waals surface area contributed by atoms with Gasteiger partial charge in [0.15, 0.2) is 0 Å². The molecule has 0 unspecified atom stereocenters. The van der Waals surface area contributed by atoms with E-state index >= 15 is 0 Å². The van der Waals surface area contributed by atoms with Crippen LogP contribution in [0.3, 0.4) is 0 Å². The van der Waals surface area contributed by atoms with Crippen LogP contribution in [-0.2, 0) is 11.2 Å². The number of nitrogens with one attached hydrogen (secondary N) is 1. The van der Waals surface area contributed by atoms with Crippen LogP contribution in [0.15, 0.2) is 24.3 Å². The molecular formula is C17H24N4OS. The lowest BCUT2D eigenvalue weighted by Crippen LogP contribution is -2.32. The molecule has 0 atom stereocenters. The lowest BCUT2D eigenvalue weighted by molar-refractivity contribution is 0.201. The van der Waals surface area contributed by atoms with Gasteiger partial charge in [0.05, 0.1) is 6.61 Å². The van der Waals surface area contributed by atoms with E-state index in [0.29, 0.717) is 6.61 Å². The van der Waals surface area contributed by atoms with Crippen LogP contribution in [0.4, 0.5) is 16.5 Å². The number of piperidine rings is 1. The summed E-state index contributed by atoms with van der Waals surface area (Å²) in [6.45, 7) is 5.28. The van der Waals surface area contributed by atoms with Crippen LogP contribution in [-0.4, -0.2) is 36.2 Å². The van der Waals surface area contributed by atoms with Crippen LogP contribution in [0.1, 0.15) is 25.6 Å². The second-order valence-corrected chi connectivity index (χ2v) is 6.86. The SMILES string of the molecule is COCCc1nsc(Nc2cccc(N3CCC(C)CC3)c2)n1.